The molecule has 0 atom stereocenters. The van der Waals surface area contributed by atoms with E-state index in [1.807, 2.05) is 93.6 Å². The number of hydrogen-bond acceptors (Lipinski definition) is 0. The first-order chi connectivity index (χ1) is 22.8. The van der Waals surface area contributed by atoms with Crippen LogP contribution in [0, 0.1) is 40.5 Å². The van der Waals surface area contributed by atoms with Crippen molar-refractivity contribution in [2.24, 2.45) is 0 Å². The van der Waals surface area contributed by atoms with E-state index in [2.05, 4.69) is 54.5 Å². The summed E-state index contributed by atoms with van der Waals surface area (Å²) in [4.78, 5) is 11.2. The molecule has 252 valence electrons. The van der Waals surface area contributed by atoms with E-state index >= 15 is 0 Å². The van der Waals surface area contributed by atoms with Gasteiger partial charge in [0.1, 0.15) is 0 Å². The van der Waals surface area contributed by atoms with Crippen LogP contribution >= 0.6 is 23.8 Å². The molecule has 0 aromatic heterocycles. The molecule has 1 fully saturated rings. The van der Waals surface area contributed by atoms with Crippen LogP contribution in [0.4, 0.5) is 17.1 Å². The van der Waals surface area contributed by atoms with E-state index < -0.39 is 0 Å². The summed E-state index contributed by atoms with van der Waals surface area (Å²) in [6, 6.07) is 23.6. The second-order valence-electron chi connectivity index (χ2n) is 14.2. The van der Waals surface area contributed by atoms with Gasteiger partial charge in [-0.2, -0.15) is 0 Å². The first-order valence-electron chi connectivity index (χ1n) is 16.9. The molecule has 0 spiro atoms. The minimum absolute atomic E-state index is 0. The SMILES string of the molecule is C[PH+](C)C1CC([PH+](C)C)CC([PH+](C)C)C1.[C-]#[N+]c1ccc(C)cc1-c1cc(-c2cc(C)ccc2[N+]#[C-])cc(-c2cc(C)ccc2[N+]#[C-])c1.[W]. The van der Waals surface area contributed by atoms with Crippen molar-refractivity contribution in [2.75, 3.05) is 40.0 Å². The van der Waals surface area contributed by atoms with Crippen molar-refractivity contribution in [3.63, 3.8) is 0 Å². The normalized spacial score (nSPS) is 17.0. The van der Waals surface area contributed by atoms with Crippen LogP contribution in [0.2, 0.25) is 0 Å². The molecule has 0 N–H and O–H groups in total. The van der Waals surface area contributed by atoms with Gasteiger partial charge in [0.2, 0.25) is 0 Å². The minimum atomic E-state index is -0.0338. The van der Waals surface area contributed by atoms with Gasteiger partial charge < -0.3 is 0 Å². The van der Waals surface area contributed by atoms with Crippen molar-refractivity contribution < 1.29 is 21.1 Å². The molecule has 4 aromatic rings. The number of nitrogens with zero attached hydrogens (tertiary/aromatic N) is 3. The number of aryl methyl sites for hydroxylation is 3. The van der Waals surface area contributed by atoms with Gasteiger partial charge in [-0.3, -0.25) is 0 Å². The average Bonchev–Trinajstić information content (AvgIpc) is 3.08. The van der Waals surface area contributed by atoms with Crippen molar-refractivity contribution >= 4 is 40.8 Å². The van der Waals surface area contributed by atoms with Crippen LogP contribution < -0.4 is 0 Å². The fourth-order valence-corrected chi connectivity index (χ4v) is 12.0. The first kappa shape index (κ1) is 40.8. The molecule has 1 saturated carbocycles. The number of rotatable bonds is 6. The summed E-state index contributed by atoms with van der Waals surface area (Å²) >= 11 is 0. The molecule has 0 amide bonds. The summed E-state index contributed by atoms with van der Waals surface area (Å²) in [6.07, 6.45) is 4.77. The Kier molecular flexibility index (Phi) is 15.4. The fraction of sp³-hybridized carbons (Fsp3) is 0.357. The summed E-state index contributed by atoms with van der Waals surface area (Å²) in [7, 11) is -0.101. The third kappa shape index (κ3) is 10.4. The van der Waals surface area contributed by atoms with E-state index in [9.17, 15) is 0 Å². The molecule has 1 aliphatic rings. The monoisotopic (exact) mass is 874 g/mol. The van der Waals surface area contributed by atoms with Gasteiger partial charge in [0.05, 0.1) is 36.7 Å². The average molecular weight is 875 g/mol. The molecule has 0 unspecified atom stereocenters. The van der Waals surface area contributed by atoms with Crippen LogP contribution in [0.15, 0.2) is 72.8 Å². The Bertz CT molecular complexity index is 1660. The molecule has 0 aliphatic heterocycles. The van der Waals surface area contributed by atoms with Crippen LogP contribution in [0.3, 0.4) is 0 Å². The quantitative estimate of drug-likeness (QED) is 0.135. The van der Waals surface area contributed by atoms with Crippen molar-refractivity contribution in [1.82, 2.24) is 0 Å². The molecule has 1 aliphatic carbocycles. The molecule has 0 saturated heterocycles. The summed E-state index contributed by atoms with van der Waals surface area (Å²) in [6.45, 7) is 44.2. The van der Waals surface area contributed by atoms with Gasteiger partial charge in [0.25, 0.3) is 0 Å². The van der Waals surface area contributed by atoms with Gasteiger partial charge >= 0.3 is 0 Å². The molecular formula is C42H51N3P3W+3. The van der Waals surface area contributed by atoms with Crippen molar-refractivity contribution in [3.05, 3.63) is 124 Å². The van der Waals surface area contributed by atoms with Crippen LogP contribution in [0.5, 0.6) is 0 Å². The Morgan fingerprint density at radius 1 is 0.449 bits per heavy atom. The third-order valence-corrected chi connectivity index (χ3v) is 16.2. The smallest absolute Gasteiger partial charge is 0.194 e. The minimum Gasteiger partial charge on any atom is -0.238 e. The molecule has 5 rings (SSSR count). The largest absolute Gasteiger partial charge is 0.238 e. The second-order valence-corrected chi connectivity index (χ2v) is 23.1. The maximum absolute atomic E-state index is 7.67. The Balaban J connectivity index is 0.000000343. The Morgan fingerprint density at radius 2 is 0.694 bits per heavy atom. The predicted octanol–water partition coefficient (Wildman–Crippen LogP) is 13.0. The standard InChI is InChI=1S/C30H21N3.C12H27P3.W/c1-19-7-10-28(31-4)25(13-19)22-16-23(26-14-20(2)8-11-29(26)32-5)18-24(17-22)27-15-21(3)9-12-30(27)33-6;1-13(2)10-7-11(14(3)4)9-12(8-10)15(5)6;/h7-18H,1-3H3;10-12H,7-9H2,1-6H3;/p+3. The van der Waals surface area contributed by atoms with Gasteiger partial charge in [-0.15, -0.1) is 0 Å². The van der Waals surface area contributed by atoms with Crippen LogP contribution in [-0.2, 0) is 21.1 Å². The Labute approximate surface area is 314 Å². The van der Waals surface area contributed by atoms with Crippen molar-refractivity contribution in [1.29, 1.82) is 0 Å². The zero-order valence-corrected chi connectivity index (χ0v) is 36.5. The zero-order valence-electron chi connectivity index (χ0n) is 30.5. The van der Waals surface area contributed by atoms with E-state index in [-0.39, 0.29) is 44.8 Å². The van der Waals surface area contributed by atoms with Gasteiger partial charge in [-0.1, -0.05) is 71.3 Å². The number of hydrogen-bond donors (Lipinski definition) is 0. The number of benzene rings is 4. The van der Waals surface area contributed by atoms with Crippen molar-refractivity contribution in [2.45, 2.75) is 57.0 Å². The molecule has 0 heterocycles. The van der Waals surface area contributed by atoms with Gasteiger partial charge in [0.15, 0.2) is 17.1 Å². The maximum Gasteiger partial charge on any atom is 0.194 e. The fourth-order valence-electron chi connectivity index (χ4n) is 6.76. The second kappa shape index (κ2) is 18.5. The van der Waals surface area contributed by atoms with Crippen LogP contribution in [0.1, 0.15) is 36.0 Å². The predicted molar refractivity (Wildman–Crippen MR) is 221 cm³/mol. The van der Waals surface area contributed by atoms with Gasteiger partial charge in [-0.25, -0.2) is 14.5 Å². The van der Waals surface area contributed by atoms with Gasteiger partial charge in [-0.05, 0) is 96.1 Å². The molecular weight excluding hydrogens is 823 g/mol. The summed E-state index contributed by atoms with van der Waals surface area (Å²) < 4.78 is 0. The van der Waals surface area contributed by atoms with Crippen LogP contribution in [0.25, 0.3) is 47.9 Å². The van der Waals surface area contributed by atoms with Crippen LogP contribution in [-0.4, -0.2) is 57.0 Å². The van der Waals surface area contributed by atoms with Gasteiger partial charge in [0, 0.05) is 80.3 Å². The van der Waals surface area contributed by atoms with E-state index in [1.165, 1.54) is 0 Å². The molecule has 7 heteroatoms. The van der Waals surface area contributed by atoms with E-state index in [4.69, 9.17) is 19.7 Å². The topological polar surface area (TPSA) is 13.1 Å². The summed E-state index contributed by atoms with van der Waals surface area (Å²) in [5.41, 5.74) is 13.6. The molecule has 3 nitrogen and oxygen atoms in total. The molecule has 0 radical (unpaired) electrons. The third-order valence-electron chi connectivity index (χ3n) is 9.84. The summed E-state index contributed by atoms with van der Waals surface area (Å²) in [5, 5.41) is 0. The van der Waals surface area contributed by atoms with E-state index in [0.29, 0.717) is 17.1 Å². The molecule has 0 bridgehead atoms. The first-order valence-corrected chi connectivity index (χ1v) is 24.6. The maximum atomic E-state index is 7.67. The molecule has 49 heavy (non-hydrogen) atoms. The van der Waals surface area contributed by atoms with E-state index in [0.717, 1.165) is 67.0 Å². The Morgan fingerprint density at radius 3 is 0.898 bits per heavy atom. The Hall–Kier alpha value is -2.67. The molecule has 4 aromatic carbocycles. The van der Waals surface area contributed by atoms with E-state index in [1.54, 1.807) is 19.3 Å². The zero-order chi connectivity index (χ0) is 35.1. The van der Waals surface area contributed by atoms with Crippen molar-refractivity contribution in [3.8, 4) is 33.4 Å². The summed E-state index contributed by atoms with van der Waals surface area (Å²) in [5.74, 6) is 0.